The lowest BCUT2D eigenvalue weighted by Crippen LogP contribution is -2.24. The van der Waals surface area contributed by atoms with Crippen LogP contribution in [0, 0.1) is 5.92 Å². The molecular formula is C15H21N3O. The third-order valence-electron chi connectivity index (χ3n) is 3.19. The summed E-state index contributed by atoms with van der Waals surface area (Å²) in [6.07, 6.45) is 3.88. The average Bonchev–Trinajstić information content (AvgIpc) is 2.77. The van der Waals surface area contributed by atoms with Crippen LogP contribution in [0.25, 0.3) is 10.9 Å². The number of carbonyl (C=O) groups is 1. The van der Waals surface area contributed by atoms with Gasteiger partial charge in [-0.1, -0.05) is 13.8 Å². The number of nitrogen functional groups attached to an aromatic ring is 1. The first-order chi connectivity index (χ1) is 9.08. The Kier molecular flexibility index (Phi) is 4.10. The fourth-order valence-electron chi connectivity index (χ4n) is 2.14. The van der Waals surface area contributed by atoms with E-state index in [2.05, 4.69) is 24.1 Å². The second-order valence-electron chi connectivity index (χ2n) is 5.30. The number of benzene rings is 1. The lowest BCUT2D eigenvalue weighted by atomic mass is 10.1. The molecule has 0 atom stereocenters. The molecule has 0 radical (unpaired) electrons. The van der Waals surface area contributed by atoms with Gasteiger partial charge in [0.25, 0.3) is 5.91 Å². The van der Waals surface area contributed by atoms with Crippen molar-refractivity contribution in [3.63, 3.8) is 0 Å². The number of hydrogen-bond acceptors (Lipinski definition) is 2. The van der Waals surface area contributed by atoms with E-state index in [0.29, 0.717) is 17.2 Å². The summed E-state index contributed by atoms with van der Waals surface area (Å²) in [6, 6.07) is 5.53. The minimum Gasteiger partial charge on any atom is -0.399 e. The predicted octanol–water partition coefficient (Wildman–Crippen LogP) is 2.92. The zero-order chi connectivity index (χ0) is 13.8. The van der Waals surface area contributed by atoms with Crippen LogP contribution in [0.4, 0.5) is 5.69 Å². The lowest BCUT2D eigenvalue weighted by molar-refractivity contribution is 0.0954. The molecule has 0 aliphatic heterocycles. The molecule has 0 saturated heterocycles. The van der Waals surface area contributed by atoms with E-state index in [1.807, 2.05) is 18.2 Å². The van der Waals surface area contributed by atoms with E-state index in [9.17, 15) is 4.79 Å². The smallest absolute Gasteiger partial charge is 0.253 e. The van der Waals surface area contributed by atoms with Crippen molar-refractivity contribution < 1.29 is 4.79 Å². The number of nitrogens with two attached hydrogens (primary N) is 1. The molecule has 0 bridgehead atoms. The van der Waals surface area contributed by atoms with Crippen molar-refractivity contribution in [2.24, 2.45) is 5.92 Å². The van der Waals surface area contributed by atoms with E-state index in [-0.39, 0.29) is 5.91 Å². The van der Waals surface area contributed by atoms with Crippen molar-refractivity contribution in [3.8, 4) is 0 Å². The van der Waals surface area contributed by atoms with Gasteiger partial charge in [0.2, 0.25) is 0 Å². The molecule has 0 aliphatic rings. The molecular weight excluding hydrogens is 238 g/mol. The van der Waals surface area contributed by atoms with E-state index >= 15 is 0 Å². The Labute approximate surface area is 113 Å². The summed E-state index contributed by atoms with van der Waals surface area (Å²) in [7, 11) is 0. The third-order valence-corrected chi connectivity index (χ3v) is 3.19. The van der Waals surface area contributed by atoms with Crippen LogP contribution >= 0.6 is 0 Å². The molecule has 2 rings (SSSR count). The number of hydrogen-bond donors (Lipinski definition) is 3. The van der Waals surface area contributed by atoms with Crippen LogP contribution in [0.2, 0.25) is 0 Å². The van der Waals surface area contributed by atoms with Crippen molar-refractivity contribution in [1.29, 1.82) is 0 Å². The van der Waals surface area contributed by atoms with Gasteiger partial charge in [0.1, 0.15) is 0 Å². The highest BCUT2D eigenvalue weighted by Gasteiger charge is 2.11. The molecule has 1 amide bonds. The van der Waals surface area contributed by atoms with Gasteiger partial charge in [0, 0.05) is 29.3 Å². The van der Waals surface area contributed by atoms with Crippen LogP contribution in [-0.2, 0) is 0 Å². The Morgan fingerprint density at radius 1 is 1.42 bits per heavy atom. The Morgan fingerprint density at radius 2 is 2.21 bits per heavy atom. The van der Waals surface area contributed by atoms with E-state index in [1.165, 1.54) is 0 Å². The van der Waals surface area contributed by atoms with Crippen molar-refractivity contribution in [2.75, 3.05) is 12.3 Å². The summed E-state index contributed by atoms with van der Waals surface area (Å²) < 4.78 is 0. The van der Waals surface area contributed by atoms with Crippen molar-refractivity contribution in [3.05, 3.63) is 30.0 Å². The molecule has 1 heterocycles. The van der Waals surface area contributed by atoms with Gasteiger partial charge >= 0.3 is 0 Å². The van der Waals surface area contributed by atoms with Crippen LogP contribution in [0.1, 0.15) is 37.0 Å². The summed E-state index contributed by atoms with van der Waals surface area (Å²) in [6.45, 7) is 5.09. The average molecular weight is 259 g/mol. The van der Waals surface area contributed by atoms with Gasteiger partial charge in [-0.15, -0.1) is 0 Å². The van der Waals surface area contributed by atoms with Crippen molar-refractivity contribution in [1.82, 2.24) is 10.3 Å². The number of fused-ring (bicyclic) bond motifs is 1. The first-order valence-electron chi connectivity index (χ1n) is 6.72. The van der Waals surface area contributed by atoms with Gasteiger partial charge in [-0.25, -0.2) is 0 Å². The number of aromatic nitrogens is 1. The van der Waals surface area contributed by atoms with E-state index in [0.717, 1.165) is 30.3 Å². The van der Waals surface area contributed by atoms with E-state index in [1.54, 1.807) is 6.20 Å². The molecule has 1 aromatic heterocycles. The molecule has 2 aromatic rings. The number of nitrogens with one attached hydrogen (secondary N) is 2. The molecule has 0 saturated carbocycles. The van der Waals surface area contributed by atoms with Gasteiger partial charge in [0.15, 0.2) is 0 Å². The minimum atomic E-state index is -0.0280. The van der Waals surface area contributed by atoms with Crippen LogP contribution in [0.15, 0.2) is 24.4 Å². The largest absolute Gasteiger partial charge is 0.399 e. The van der Waals surface area contributed by atoms with E-state index < -0.39 is 0 Å². The van der Waals surface area contributed by atoms with Crippen LogP contribution in [0.5, 0.6) is 0 Å². The SMILES string of the molecule is CC(C)CCCNC(=O)c1c[nH]c2cc(N)ccc12. The standard InChI is InChI=1S/C15H21N3O/c1-10(2)4-3-7-17-15(19)13-9-18-14-8-11(16)5-6-12(13)14/h5-6,8-10,18H,3-4,7,16H2,1-2H3,(H,17,19). The number of aromatic amines is 1. The normalized spacial score (nSPS) is 11.1. The second kappa shape index (κ2) is 5.78. The van der Waals surface area contributed by atoms with Crippen molar-refractivity contribution in [2.45, 2.75) is 26.7 Å². The number of anilines is 1. The molecule has 0 fully saturated rings. The zero-order valence-corrected chi connectivity index (χ0v) is 11.5. The van der Waals surface area contributed by atoms with Crippen LogP contribution < -0.4 is 11.1 Å². The summed E-state index contributed by atoms with van der Waals surface area (Å²) in [5.74, 6) is 0.646. The first kappa shape index (κ1) is 13.5. The summed E-state index contributed by atoms with van der Waals surface area (Å²) in [4.78, 5) is 15.2. The van der Waals surface area contributed by atoms with Gasteiger partial charge < -0.3 is 16.0 Å². The lowest BCUT2D eigenvalue weighted by Gasteiger charge is -2.06. The molecule has 1 aromatic carbocycles. The third kappa shape index (κ3) is 3.28. The maximum atomic E-state index is 12.1. The molecule has 0 aliphatic carbocycles. The molecule has 0 unspecified atom stereocenters. The highest BCUT2D eigenvalue weighted by Crippen LogP contribution is 2.20. The topological polar surface area (TPSA) is 70.9 Å². The fraction of sp³-hybridized carbons (Fsp3) is 0.400. The first-order valence-corrected chi connectivity index (χ1v) is 6.72. The highest BCUT2D eigenvalue weighted by atomic mass is 16.1. The molecule has 19 heavy (non-hydrogen) atoms. The zero-order valence-electron chi connectivity index (χ0n) is 11.5. The Morgan fingerprint density at radius 3 is 2.95 bits per heavy atom. The summed E-state index contributed by atoms with van der Waals surface area (Å²) in [5.41, 5.74) is 7.98. The van der Waals surface area contributed by atoms with Gasteiger partial charge in [-0.3, -0.25) is 4.79 Å². The fourth-order valence-corrected chi connectivity index (χ4v) is 2.14. The molecule has 4 nitrogen and oxygen atoms in total. The monoisotopic (exact) mass is 259 g/mol. The Hall–Kier alpha value is -1.97. The Balaban J connectivity index is 2.01. The summed E-state index contributed by atoms with van der Waals surface area (Å²) in [5, 5.41) is 3.87. The Bertz CT molecular complexity index is 572. The number of rotatable bonds is 5. The number of amides is 1. The molecule has 4 heteroatoms. The second-order valence-corrected chi connectivity index (χ2v) is 5.30. The summed E-state index contributed by atoms with van der Waals surface area (Å²) >= 11 is 0. The number of carbonyl (C=O) groups excluding carboxylic acids is 1. The van der Waals surface area contributed by atoms with Gasteiger partial charge in [0.05, 0.1) is 5.56 Å². The molecule has 4 N–H and O–H groups in total. The van der Waals surface area contributed by atoms with Gasteiger partial charge in [-0.2, -0.15) is 0 Å². The molecule has 0 spiro atoms. The van der Waals surface area contributed by atoms with Gasteiger partial charge in [-0.05, 0) is 37.0 Å². The predicted molar refractivity (Wildman–Crippen MR) is 79.1 cm³/mol. The minimum absolute atomic E-state index is 0.0280. The maximum Gasteiger partial charge on any atom is 0.253 e. The van der Waals surface area contributed by atoms with Crippen LogP contribution in [-0.4, -0.2) is 17.4 Å². The highest BCUT2D eigenvalue weighted by molar-refractivity contribution is 6.07. The van der Waals surface area contributed by atoms with Crippen molar-refractivity contribution >= 4 is 22.5 Å². The molecule has 102 valence electrons. The maximum absolute atomic E-state index is 12.1. The van der Waals surface area contributed by atoms with E-state index in [4.69, 9.17) is 5.73 Å². The number of H-pyrrole nitrogens is 1. The quantitative estimate of drug-likeness (QED) is 0.570. The van der Waals surface area contributed by atoms with Crippen LogP contribution in [0.3, 0.4) is 0 Å².